The van der Waals surface area contributed by atoms with E-state index in [4.69, 9.17) is 4.98 Å². The summed E-state index contributed by atoms with van der Waals surface area (Å²) < 4.78 is 0. The predicted molar refractivity (Wildman–Crippen MR) is 89.9 cm³/mol. The number of aromatic nitrogens is 2. The SMILES string of the molecule is Oc1ccc2nc3c(nc2c1)NCC1c2ccccc2CCN31. The van der Waals surface area contributed by atoms with E-state index in [-0.39, 0.29) is 5.75 Å². The van der Waals surface area contributed by atoms with Crippen LogP contribution in [0.3, 0.4) is 0 Å². The third-order valence-corrected chi connectivity index (χ3v) is 4.78. The van der Waals surface area contributed by atoms with E-state index < -0.39 is 0 Å². The van der Waals surface area contributed by atoms with Gasteiger partial charge in [0.25, 0.3) is 0 Å². The smallest absolute Gasteiger partial charge is 0.172 e. The second-order valence-corrected chi connectivity index (χ2v) is 6.11. The standard InChI is InChI=1S/C18H16N4O/c23-12-5-6-14-15(9-12)20-17-18(21-14)22-8-7-11-3-1-2-4-13(11)16(22)10-19-17/h1-6,9,16,23H,7-8,10H2,(H,19,20). The Hall–Kier alpha value is -2.82. The van der Waals surface area contributed by atoms with Crippen molar-refractivity contribution in [3.8, 4) is 5.75 Å². The van der Waals surface area contributed by atoms with Gasteiger partial charge in [-0.05, 0) is 29.7 Å². The number of hydrogen-bond donors (Lipinski definition) is 2. The van der Waals surface area contributed by atoms with Crippen LogP contribution in [0.5, 0.6) is 5.75 Å². The zero-order chi connectivity index (χ0) is 15.4. The fraction of sp³-hybridized carbons (Fsp3) is 0.222. The number of rotatable bonds is 0. The van der Waals surface area contributed by atoms with Gasteiger partial charge in [-0.25, -0.2) is 9.97 Å². The molecule has 2 aromatic carbocycles. The van der Waals surface area contributed by atoms with Gasteiger partial charge in [0.15, 0.2) is 11.6 Å². The van der Waals surface area contributed by atoms with Crippen molar-refractivity contribution in [3.63, 3.8) is 0 Å². The van der Waals surface area contributed by atoms with Crippen molar-refractivity contribution in [1.82, 2.24) is 9.97 Å². The molecule has 114 valence electrons. The Balaban J connectivity index is 1.66. The number of fused-ring (bicyclic) bond motifs is 6. The highest BCUT2D eigenvalue weighted by Crippen LogP contribution is 2.39. The molecule has 2 aliphatic rings. The number of phenols is 1. The Bertz CT molecular complexity index is 924. The molecule has 0 aliphatic carbocycles. The molecule has 0 amide bonds. The maximum atomic E-state index is 9.63. The first-order valence-electron chi connectivity index (χ1n) is 7.89. The molecule has 0 fully saturated rings. The van der Waals surface area contributed by atoms with Gasteiger partial charge in [0, 0.05) is 19.2 Å². The van der Waals surface area contributed by atoms with Gasteiger partial charge in [-0.3, -0.25) is 0 Å². The van der Waals surface area contributed by atoms with Crippen molar-refractivity contribution >= 4 is 22.7 Å². The number of anilines is 2. The third-order valence-electron chi connectivity index (χ3n) is 4.78. The van der Waals surface area contributed by atoms with E-state index in [1.54, 1.807) is 12.1 Å². The first kappa shape index (κ1) is 12.7. The Morgan fingerprint density at radius 2 is 2.00 bits per heavy atom. The molecule has 0 bridgehead atoms. The van der Waals surface area contributed by atoms with Crippen LogP contribution < -0.4 is 10.2 Å². The molecule has 0 saturated heterocycles. The van der Waals surface area contributed by atoms with Crippen LogP contribution in [-0.4, -0.2) is 28.2 Å². The van der Waals surface area contributed by atoms with Crippen LogP contribution in [0.2, 0.25) is 0 Å². The second kappa shape index (κ2) is 4.59. The van der Waals surface area contributed by atoms with Gasteiger partial charge in [-0.1, -0.05) is 24.3 Å². The van der Waals surface area contributed by atoms with E-state index in [0.717, 1.165) is 36.7 Å². The van der Waals surface area contributed by atoms with Crippen LogP contribution in [-0.2, 0) is 6.42 Å². The van der Waals surface area contributed by atoms with Crippen molar-refractivity contribution < 1.29 is 5.11 Å². The monoisotopic (exact) mass is 304 g/mol. The lowest BCUT2D eigenvalue weighted by Gasteiger charge is -2.42. The van der Waals surface area contributed by atoms with Gasteiger partial charge in [-0.15, -0.1) is 0 Å². The van der Waals surface area contributed by atoms with E-state index in [0.29, 0.717) is 11.6 Å². The van der Waals surface area contributed by atoms with Gasteiger partial charge >= 0.3 is 0 Å². The number of aromatic hydroxyl groups is 1. The van der Waals surface area contributed by atoms with Crippen LogP contribution in [0.1, 0.15) is 17.2 Å². The van der Waals surface area contributed by atoms with Crippen LogP contribution in [0.15, 0.2) is 42.5 Å². The first-order valence-corrected chi connectivity index (χ1v) is 7.89. The second-order valence-electron chi connectivity index (χ2n) is 6.11. The molecule has 2 aliphatic heterocycles. The van der Waals surface area contributed by atoms with E-state index in [1.165, 1.54) is 11.1 Å². The predicted octanol–water partition coefficient (Wildman–Crippen LogP) is 2.86. The normalized spacial score (nSPS) is 18.8. The highest BCUT2D eigenvalue weighted by molar-refractivity contribution is 5.82. The molecule has 1 unspecified atom stereocenters. The van der Waals surface area contributed by atoms with Gasteiger partial charge < -0.3 is 15.3 Å². The third kappa shape index (κ3) is 1.86. The van der Waals surface area contributed by atoms with E-state index in [2.05, 4.69) is 39.5 Å². The zero-order valence-electron chi connectivity index (χ0n) is 12.5. The summed E-state index contributed by atoms with van der Waals surface area (Å²) in [6.07, 6.45) is 1.03. The molecule has 3 heterocycles. The topological polar surface area (TPSA) is 61.3 Å². The molecule has 23 heavy (non-hydrogen) atoms. The molecular weight excluding hydrogens is 288 g/mol. The lowest BCUT2D eigenvalue weighted by molar-refractivity contribution is 0.476. The van der Waals surface area contributed by atoms with Crippen molar-refractivity contribution in [3.05, 3.63) is 53.6 Å². The zero-order valence-corrected chi connectivity index (χ0v) is 12.5. The molecule has 1 atom stereocenters. The summed E-state index contributed by atoms with van der Waals surface area (Å²) in [5.74, 6) is 1.93. The quantitative estimate of drug-likeness (QED) is 0.669. The highest BCUT2D eigenvalue weighted by atomic mass is 16.3. The first-order chi connectivity index (χ1) is 11.3. The number of hydrogen-bond acceptors (Lipinski definition) is 5. The summed E-state index contributed by atoms with van der Waals surface area (Å²) in [7, 11) is 0. The minimum Gasteiger partial charge on any atom is -0.508 e. The maximum absolute atomic E-state index is 9.63. The summed E-state index contributed by atoms with van der Waals surface area (Å²) in [5, 5.41) is 13.0. The molecule has 0 spiro atoms. The molecule has 1 aromatic heterocycles. The largest absolute Gasteiger partial charge is 0.508 e. The maximum Gasteiger partial charge on any atom is 0.172 e. The minimum atomic E-state index is 0.215. The Morgan fingerprint density at radius 1 is 1.09 bits per heavy atom. The molecule has 3 aromatic rings. The van der Waals surface area contributed by atoms with Crippen LogP contribution in [0.25, 0.3) is 11.0 Å². The molecule has 5 heteroatoms. The van der Waals surface area contributed by atoms with Crippen molar-refractivity contribution in [2.24, 2.45) is 0 Å². The Morgan fingerprint density at radius 3 is 2.96 bits per heavy atom. The summed E-state index contributed by atoms with van der Waals surface area (Å²) in [6, 6.07) is 14.1. The van der Waals surface area contributed by atoms with Crippen LogP contribution in [0.4, 0.5) is 11.6 Å². The van der Waals surface area contributed by atoms with E-state index >= 15 is 0 Å². The highest BCUT2D eigenvalue weighted by Gasteiger charge is 2.33. The van der Waals surface area contributed by atoms with Gasteiger partial charge in [0.1, 0.15) is 5.75 Å². The average molecular weight is 304 g/mol. The van der Waals surface area contributed by atoms with E-state index in [1.807, 2.05) is 6.07 Å². The van der Waals surface area contributed by atoms with Crippen LogP contribution in [0, 0.1) is 0 Å². The van der Waals surface area contributed by atoms with Gasteiger partial charge in [0.2, 0.25) is 0 Å². The number of nitrogens with one attached hydrogen (secondary N) is 1. The summed E-state index contributed by atoms with van der Waals surface area (Å²) in [6.45, 7) is 1.78. The fourth-order valence-corrected chi connectivity index (χ4v) is 3.67. The number of nitrogens with zero attached hydrogens (tertiary/aromatic N) is 3. The number of benzene rings is 2. The molecular formula is C18H16N4O. The van der Waals surface area contributed by atoms with Gasteiger partial charge in [-0.2, -0.15) is 0 Å². The minimum absolute atomic E-state index is 0.215. The summed E-state index contributed by atoms with van der Waals surface area (Å²) >= 11 is 0. The van der Waals surface area contributed by atoms with Crippen molar-refractivity contribution in [2.45, 2.75) is 12.5 Å². The molecule has 5 rings (SSSR count). The lowest BCUT2D eigenvalue weighted by Crippen LogP contribution is -2.43. The molecule has 0 saturated carbocycles. The van der Waals surface area contributed by atoms with Gasteiger partial charge in [0.05, 0.1) is 17.1 Å². The fourth-order valence-electron chi connectivity index (χ4n) is 3.67. The molecule has 5 nitrogen and oxygen atoms in total. The Kier molecular flexibility index (Phi) is 2.53. The van der Waals surface area contributed by atoms with E-state index in [9.17, 15) is 5.11 Å². The molecule has 2 N–H and O–H groups in total. The van der Waals surface area contributed by atoms with Crippen molar-refractivity contribution in [2.75, 3.05) is 23.3 Å². The summed E-state index contributed by atoms with van der Waals surface area (Å²) in [4.78, 5) is 11.8. The number of phenolic OH excluding ortho intramolecular Hbond substituents is 1. The lowest BCUT2D eigenvalue weighted by atomic mass is 9.91. The Labute approximate surface area is 133 Å². The van der Waals surface area contributed by atoms with Crippen LogP contribution >= 0.6 is 0 Å². The van der Waals surface area contributed by atoms with Crippen molar-refractivity contribution in [1.29, 1.82) is 0 Å². The average Bonchev–Trinajstić information content (AvgIpc) is 2.59. The summed E-state index contributed by atoms with van der Waals surface area (Å²) in [5.41, 5.74) is 4.33. The molecule has 0 radical (unpaired) electrons.